The van der Waals surface area contributed by atoms with Crippen molar-refractivity contribution in [3.05, 3.63) is 35.4 Å². The molecule has 2 aliphatic rings. The molecule has 0 aromatic heterocycles. The van der Waals surface area contributed by atoms with Crippen molar-refractivity contribution in [1.29, 1.82) is 0 Å². The van der Waals surface area contributed by atoms with Crippen molar-refractivity contribution >= 4 is 11.8 Å². The van der Waals surface area contributed by atoms with Crippen molar-refractivity contribution in [2.45, 2.75) is 142 Å². The first-order valence-corrected chi connectivity index (χ1v) is 15.1. The number of hydrogen-bond donors (Lipinski definition) is 2. The van der Waals surface area contributed by atoms with Gasteiger partial charge in [0.2, 0.25) is 0 Å². The van der Waals surface area contributed by atoms with E-state index in [0.29, 0.717) is 24.3 Å². The van der Waals surface area contributed by atoms with Crippen molar-refractivity contribution in [2.75, 3.05) is 13.2 Å². The van der Waals surface area contributed by atoms with Gasteiger partial charge in [0.25, 0.3) is 11.8 Å². The number of piperidine rings is 2. The highest BCUT2D eigenvalue weighted by Gasteiger charge is 2.48. The summed E-state index contributed by atoms with van der Waals surface area (Å²) in [6.07, 6.45) is 5.09. The maximum atomic E-state index is 13.2. The molecule has 8 nitrogen and oxygen atoms in total. The molecule has 2 saturated heterocycles. The Kier molecular flexibility index (Phi) is 10.1. The van der Waals surface area contributed by atoms with Crippen molar-refractivity contribution in [3.63, 3.8) is 0 Å². The number of carbonyl (C=O) groups is 2. The van der Waals surface area contributed by atoms with E-state index in [1.807, 2.05) is 0 Å². The molecule has 1 aromatic rings. The number of benzene rings is 1. The predicted molar refractivity (Wildman–Crippen MR) is 160 cm³/mol. The maximum Gasteiger partial charge on any atom is 0.251 e. The third-order valence-electron chi connectivity index (χ3n) is 8.11. The molecule has 2 aliphatic heterocycles. The molecule has 3 rings (SSSR count). The summed E-state index contributed by atoms with van der Waals surface area (Å²) in [5.74, 6) is -0.233. The normalized spacial score (nSPS) is 23.1. The van der Waals surface area contributed by atoms with Crippen LogP contribution in [0.2, 0.25) is 0 Å². The van der Waals surface area contributed by atoms with Gasteiger partial charge in [-0.1, -0.05) is 13.8 Å². The summed E-state index contributed by atoms with van der Waals surface area (Å²) in [5.41, 5.74) is 0.272. The zero-order valence-corrected chi connectivity index (χ0v) is 26.6. The number of nitrogens with zero attached hydrogens (tertiary/aromatic N) is 2. The van der Waals surface area contributed by atoms with E-state index in [1.54, 1.807) is 24.3 Å². The maximum absolute atomic E-state index is 13.2. The number of nitrogens with one attached hydrogen (secondary N) is 2. The van der Waals surface area contributed by atoms with Gasteiger partial charge in [-0.3, -0.25) is 19.3 Å². The second-order valence-electron chi connectivity index (χ2n) is 14.2. The highest BCUT2D eigenvalue weighted by molar-refractivity contribution is 5.98. The van der Waals surface area contributed by atoms with Crippen molar-refractivity contribution < 1.29 is 19.3 Å². The van der Waals surface area contributed by atoms with Crippen LogP contribution >= 0.6 is 0 Å². The summed E-state index contributed by atoms with van der Waals surface area (Å²) in [6, 6.07) is 7.04. The first-order chi connectivity index (χ1) is 18.5. The van der Waals surface area contributed by atoms with Crippen LogP contribution in [-0.4, -0.2) is 69.4 Å². The molecule has 40 heavy (non-hydrogen) atoms. The van der Waals surface area contributed by atoms with Crippen LogP contribution in [-0.2, 0) is 9.68 Å². The van der Waals surface area contributed by atoms with Gasteiger partial charge in [0.1, 0.15) is 0 Å². The lowest BCUT2D eigenvalue weighted by molar-refractivity contribution is -0.283. The summed E-state index contributed by atoms with van der Waals surface area (Å²) in [5, 5.41) is 10.7. The lowest BCUT2D eigenvalue weighted by atomic mass is 9.78. The van der Waals surface area contributed by atoms with E-state index >= 15 is 0 Å². The van der Waals surface area contributed by atoms with Crippen LogP contribution in [0.25, 0.3) is 0 Å². The third-order valence-corrected chi connectivity index (χ3v) is 8.11. The van der Waals surface area contributed by atoms with Crippen LogP contribution in [0.5, 0.6) is 0 Å². The number of hydrogen-bond acceptors (Lipinski definition) is 6. The van der Waals surface area contributed by atoms with Gasteiger partial charge in [-0.05, 0) is 118 Å². The molecule has 2 N–H and O–H groups in total. The molecule has 226 valence electrons. The van der Waals surface area contributed by atoms with E-state index in [1.165, 1.54) is 0 Å². The van der Waals surface area contributed by atoms with Gasteiger partial charge in [0.05, 0.1) is 13.2 Å². The summed E-state index contributed by atoms with van der Waals surface area (Å²) >= 11 is 0. The average molecular weight is 559 g/mol. The topological polar surface area (TPSA) is 83.1 Å². The van der Waals surface area contributed by atoms with Gasteiger partial charge in [-0.2, -0.15) is 10.1 Å². The smallest absolute Gasteiger partial charge is 0.251 e. The molecule has 0 unspecified atom stereocenters. The van der Waals surface area contributed by atoms with Gasteiger partial charge in [0.15, 0.2) is 0 Å². The number of amides is 2. The zero-order valence-electron chi connectivity index (χ0n) is 26.6. The molecular formula is C32H54N4O4. The lowest BCUT2D eigenvalue weighted by Gasteiger charge is -2.53. The van der Waals surface area contributed by atoms with E-state index in [2.05, 4.69) is 90.0 Å². The Balaban J connectivity index is 1.61. The van der Waals surface area contributed by atoms with Gasteiger partial charge in [-0.15, -0.1) is 0 Å². The number of rotatable bonds is 10. The Morgan fingerprint density at radius 2 is 0.925 bits per heavy atom. The Hall–Kier alpha value is -2.00. The molecular weight excluding hydrogens is 504 g/mol. The summed E-state index contributed by atoms with van der Waals surface area (Å²) in [7, 11) is 0. The van der Waals surface area contributed by atoms with Gasteiger partial charge in [-0.25, -0.2) is 0 Å². The average Bonchev–Trinajstić information content (AvgIpc) is 2.81. The number of hydroxylamine groups is 4. The summed E-state index contributed by atoms with van der Waals surface area (Å²) in [4.78, 5) is 38.5. The largest absolute Gasteiger partial charge is 0.349 e. The van der Waals surface area contributed by atoms with E-state index in [9.17, 15) is 9.59 Å². The second-order valence-corrected chi connectivity index (χ2v) is 14.2. The SMILES string of the molecule is CCCON1C(C)(C)CC(NC(=O)c2ccc(C(=O)NC3CC(C)(C)N(OCCC)C(C)(C)C3)cc2)CC1(C)C. The second kappa shape index (κ2) is 12.5. The molecule has 0 aliphatic carbocycles. The van der Waals surface area contributed by atoms with Gasteiger partial charge >= 0.3 is 0 Å². The fourth-order valence-corrected chi connectivity index (χ4v) is 7.11. The minimum absolute atomic E-state index is 0.0285. The Morgan fingerprint density at radius 3 is 1.18 bits per heavy atom. The molecule has 1 aromatic carbocycles. The lowest BCUT2D eigenvalue weighted by Crippen LogP contribution is -2.64. The predicted octanol–water partition coefficient (Wildman–Crippen LogP) is 5.87. The van der Waals surface area contributed by atoms with Crippen LogP contribution in [0.1, 0.15) is 128 Å². The molecule has 0 radical (unpaired) electrons. The van der Waals surface area contributed by atoms with Crippen molar-refractivity contribution in [2.24, 2.45) is 0 Å². The van der Waals surface area contributed by atoms with Crippen LogP contribution in [0, 0.1) is 0 Å². The van der Waals surface area contributed by atoms with Crippen molar-refractivity contribution in [1.82, 2.24) is 20.8 Å². The molecule has 0 bridgehead atoms. The van der Waals surface area contributed by atoms with Crippen LogP contribution in [0.4, 0.5) is 0 Å². The van der Waals surface area contributed by atoms with Crippen molar-refractivity contribution in [3.8, 4) is 0 Å². The number of carbonyl (C=O) groups excluding carboxylic acids is 2. The molecule has 0 atom stereocenters. The fraction of sp³-hybridized carbons (Fsp3) is 0.750. The first-order valence-electron chi connectivity index (χ1n) is 15.1. The van der Waals surface area contributed by atoms with E-state index < -0.39 is 0 Å². The minimum atomic E-state index is -0.210. The summed E-state index contributed by atoms with van der Waals surface area (Å²) < 4.78 is 0. The van der Waals surface area contributed by atoms with Gasteiger partial charge in [0, 0.05) is 45.4 Å². The Bertz CT molecular complexity index is 901. The molecule has 0 spiro atoms. The van der Waals surface area contributed by atoms with Crippen LogP contribution in [0.15, 0.2) is 24.3 Å². The zero-order chi connectivity index (χ0) is 29.9. The highest BCUT2D eigenvalue weighted by Crippen LogP contribution is 2.40. The summed E-state index contributed by atoms with van der Waals surface area (Å²) in [6.45, 7) is 22.9. The first kappa shape index (κ1) is 32.5. The van der Waals surface area contributed by atoms with Crippen LogP contribution < -0.4 is 10.6 Å². The molecule has 2 fully saturated rings. The minimum Gasteiger partial charge on any atom is -0.349 e. The van der Waals surface area contributed by atoms with E-state index in [0.717, 1.165) is 38.5 Å². The quantitative estimate of drug-likeness (QED) is 0.374. The highest BCUT2D eigenvalue weighted by atomic mass is 16.7. The molecule has 8 heteroatoms. The van der Waals surface area contributed by atoms with Crippen LogP contribution in [0.3, 0.4) is 0 Å². The molecule has 2 heterocycles. The molecule has 2 amide bonds. The third kappa shape index (κ3) is 7.64. The standard InChI is InChI=1S/C32H54N4O4/c1-11-17-39-35-29(3,4)19-25(20-30(35,5)6)33-27(37)23-13-15-24(16-14-23)28(38)34-26-21-31(7,8)36(40-18-12-2)32(9,10)22-26/h13-16,25-26H,11-12,17-22H2,1-10H3,(H,33,37)(H,34,38). The molecule has 0 saturated carbocycles. The Morgan fingerprint density at radius 1 is 0.650 bits per heavy atom. The fourth-order valence-electron chi connectivity index (χ4n) is 7.11. The van der Waals surface area contributed by atoms with E-state index in [-0.39, 0.29) is 46.1 Å². The van der Waals surface area contributed by atoms with Gasteiger partial charge < -0.3 is 10.6 Å². The monoisotopic (exact) mass is 558 g/mol. The van der Waals surface area contributed by atoms with E-state index in [4.69, 9.17) is 9.68 Å². The Labute approximate surface area is 242 Å².